The van der Waals surface area contributed by atoms with Crippen molar-refractivity contribution in [2.45, 2.75) is 32.4 Å². The average molecular weight is 420 g/mol. The molecule has 0 bridgehead atoms. The highest BCUT2D eigenvalue weighted by molar-refractivity contribution is 7.10. The first-order valence-electron chi connectivity index (χ1n) is 9.99. The van der Waals surface area contributed by atoms with Crippen molar-refractivity contribution in [3.8, 4) is 0 Å². The maximum absolute atomic E-state index is 13.2. The summed E-state index contributed by atoms with van der Waals surface area (Å²) in [7, 11) is 0. The Balaban J connectivity index is 1.42. The number of hydrogen-bond acceptors (Lipinski definition) is 5. The molecule has 0 aliphatic carbocycles. The third kappa shape index (κ3) is 3.15. The highest BCUT2D eigenvalue weighted by Gasteiger charge is 2.34. The number of thiophene rings is 1. The quantitative estimate of drug-likeness (QED) is 0.503. The van der Waals surface area contributed by atoms with Gasteiger partial charge in [-0.25, -0.2) is 4.98 Å². The number of para-hydroxylation sites is 1. The Morgan fingerprint density at radius 1 is 1.23 bits per heavy atom. The second-order valence-electron chi connectivity index (χ2n) is 7.44. The van der Waals surface area contributed by atoms with E-state index >= 15 is 0 Å². The van der Waals surface area contributed by atoms with E-state index in [4.69, 9.17) is 4.42 Å². The van der Waals surface area contributed by atoms with Crippen LogP contribution in [-0.2, 0) is 17.8 Å². The van der Waals surface area contributed by atoms with E-state index in [9.17, 15) is 9.59 Å². The fourth-order valence-electron chi connectivity index (χ4n) is 4.23. The topological polar surface area (TPSA) is 68.3 Å². The molecule has 0 saturated carbocycles. The predicted octanol–water partition coefficient (Wildman–Crippen LogP) is 3.92. The number of nitrogens with zero attached hydrogens (tertiary/aromatic N) is 3. The number of hydrogen-bond donors (Lipinski definition) is 0. The Morgan fingerprint density at radius 3 is 2.93 bits per heavy atom. The Kier molecular flexibility index (Phi) is 4.75. The fourth-order valence-corrected chi connectivity index (χ4v) is 5.14. The summed E-state index contributed by atoms with van der Waals surface area (Å²) in [5.74, 6) is 1.39. The van der Waals surface area contributed by atoms with E-state index in [1.54, 1.807) is 28.2 Å². The molecule has 1 amide bonds. The molecule has 0 spiro atoms. The monoisotopic (exact) mass is 419 g/mol. The number of aryl methyl sites for hydroxylation is 1. The molecule has 6 nitrogen and oxygen atoms in total. The van der Waals surface area contributed by atoms with E-state index in [0.29, 0.717) is 29.8 Å². The van der Waals surface area contributed by atoms with Crippen molar-refractivity contribution in [3.63, 3.8) is 0 Å². The van der Waals surface area contributed by atoms with Crippen molar-refractivity contribution in [1.82, 2.24) is 14.5 Å². The lowest BCUT2D eigenvalue weighted by Crippen LogP contribution is -2.40. The first kappa shape index (κ1) is 18.8. The van der Waals surface area contributed by atoms with Gasteiger partial charge in [0.1, 0.15) is 17.6 Å². The SMILES string of the molecule is Cc1nc2ccccc2c(=O)n1CCC(=O)N1CCc2sccc2[C@H]1c1ccco1. The minimum absolute atomic E-state index is 0.00714. The van der Waals surface area contributed by atoms with Crippen LogP contribution >= 0.6 is 11.3 Å². The van der Waals surface area contributed by atoms with Crippen LogP contribution in [0.1, 0.15) is 34.5 Å². The van der Waals surface area contributed by atoms with Crippen LogP contribution < -0.4 is 5.56 Å². The van der Waals surface area contributed by atoms with E-state index in [-0.39, 0.29) is 23.9 Å². The summed E-state index contributed by atoms with van der Waals surface area (Å²) in [5.41, 5.74) is 1.71. The average Bonchev–Trinajstić information content (AvgIpc) is 3.44. The van der Waals surface area contributed by atoms with Crippen LogP contribution in [0.5, 0.6) is 0 Å². The van der Waals surface area contributed by atoms with Crippen molar-refractivity contribution < 1.29 is 9.21 Å². The molecule has 0 unspecified atom stereocenters. The van der Waals surface area contributed by atoms with Crippen molar-refractivity contribution in [3.05, 3.63) is 86.5 Å². The van der Waals surface area contributed by atoms with Gasteiger partial charge in [-0.15, -0.1) is 11.3 Å². The number of rotatable bonds is 4. The molecule has 3 aromatic heterocycles. The van der Waals surface area contributed by atoms with Gasteiger partial charge in [0.25, 0.3) is 5.56 Å². The molecule has 0 radical (unpaired) electrons. The van der Waals surface area contributed by atoms with Gasteiger partial charge in [0.15, 0.2) is 0 Å². The number of carbonyl (C=O) groups excluding carboxylic acids is 1. The number of benzene rings is 1. The lowest BCUT2D eigenvalue weighted by molar-refractivity contribution is -0.133. The summed E-state index contributed by atoms with van der Waals surface area (Å²) < 4.78 is 7.27. The van der Waals surface area contributed by atoms with Gasteiger partial charge < -0.3 is 9.32 Å². The van der Waals surface area contributed by atoms with Gasteiger partial charge in [0.2, 0.25) is 5.91 Å². The molecule has 0 saturated heterocycles. The summed E-state index contributed by atoms with van der Waals surface area (Å²) in [6, 6.07) is 12.9. The molecule has 7 heteroatoms. The molecular formula is C23H21N3O3S. The van der Waals surface area contributed by atoms with Crippen molar-refractivity contribution in [2.24, 2.45) is 0 Å². The molecule has 0 fully saturated rings. The Bertz CT molecular complexity index is 1270. The minimum Gasteiger partial charge on any atom is -0.467 e. The molecule has 152 valence electrons. The number of aromatic nitrogens is 2. The van der Waals surface area contributed by atoms with E-state index in [1.165, 1.54) is 4.88 Å². The van der Waals surface area contributed by atoms with Gasteiger partial charge >= 0.3 is 0 Å². The number of carbonyl (C=O) groups is 1. The van der Waals surface area contributed by atoms with E-state index < -0.39 is 0 Å². The molecule has 4 heterocycles. The highest BCUT2D eigenvalue weighted by Crippen LogP contribution is 2.38. The van der Waals surface area contributed by atoms with Crippen LogP contribution in [0, 0.1) is 6.92 Å². The van der Waals surface area contributed by atoms with Crippen LogP contribution in [0.4, 0.5) is 0 Å². The molecular weight excluding hydrogens is 398 g/mol. The number of furan rings is 1. The normalized spacial score (nSPS) is 16.0. The Hall–Kier alpha value is -3.19. The van der Waals surface area contributed by atoms with Gasteiger partial charge in [0, 0.05) is 24.4 Å². The molecule has 1 aliphatic heterocycles. The lowest BCUT2D eigenvalue weighted by Gasteiger charge is -2.35. The summed E-state index contributed by atoms with van der Waals surface area (Å²) >= 11 is 1.72. The van der Waals surface area contributed by atoms with Crippen LogP contribution in [0.2, 0.25) is 0 Å². The third-order valence-electron chi connectivity index (χ3n) is 5.70. The molecule has 1 atom stereocenters. The van der Waals surface area contributed by atoms with Gasteiger partial charge in [-0.05, 0) is 54.6 Å². The van der Waals surface area contributed by atoms with Crippen molar-refractivity contribution >= 4 is 28.1 Å². The zero-order valence-electron chi connectivity index (χ0n) is 16.6. The first-order valence-corrected chi connectivity index (χ1v) is 10.9. The number of amides is 1. The smallest absolute Gasteiger partial charge is 0.261 e. The van der Waals surface area contributed by atoms with Crippen LogP contribution in [0.15, 0.2) is 63.3 Å². The van der Waals surface area contributed by atoms with Gasteiger partial charge in [0.05, 0.1) is 17.2 Å². The second-order valence-corrected chi connectivity index (χ2v) is 8.44. The summed E-state index contributed by atoms with van der Waals surface area (Å²) in [6.07, 6.45) is 2.71. The standard InChI is InChI=1S/C23H21N3O3S/c1-15-24-18-6-3-2-5-16(18)23(28)25(15)12-9-21(27)26-11-8-20-17(10-14-30-20)22(26)19-7-4-13-29-19/h2-7,10,13-14,22H,8-9,11-12H2,1H3/t22-/m0/s1. The maximum Gasteiger partial charge on any atom is 0.261 e. The van der Waals surface area contributed by atoms with E-state index in [2.05, 4.69) is 16.4 Å². The largest absolute Gasteiger partial charge is 0.467 e. The van der Waals surface area contributed by atoms with Gasteiger partial charge in [-0.3, -0.25) is 14.2 Å². The van der Waals surface area contributed by atoms with E-state index in [0.717, 1.165) is 17.7 Å². The highest BCUT2D eigenvalue weighted by atomic mass is 32.1. The molecule has 5 rings (SSSR count). The zero-order chi connectivity index (χ0) is 20.7. The fraction of sp³-hybridized carbons (Fsp3) is 0.261. The third-order valence-corrected chi connectivity index (χ3v) is 6.70. The number of fused-ring (bicyclic) bond motifs is 2. The van der Waals surface area contributed by atoms with Crippen LogP contribution in [-0.4, -0.2) is 26.9 Å². The molecule has 30 heavy (non-hydrogen) atoms. The van der Waals surface area contributed by atoms with Crippen molar-refractivity contribution in [2.75, 3.05) is 6.54 Å². The van der Waals surface area contributed by atoms with Gasteiger partial charge in [-0.2, -0.15) is 0 Å². The molecule has 4 aromatic rings. The molecule has 1 aromatic carbocycles. The zero-order valence-corrected chi connectivity index (χ0v) is 17.4. The van der Waals surface area contributed by atoms with Crippen LogP contribution in [0.25, 0.3) is 10.9 Å². The van der Waals surface area contributed by atoms with Crippen molar-refractivity contribution in [1.29, 1.82) is 0 Å². The summed E-state index contributed by atoms with van der Waals surface area (Å²) in [4.78, 5) is 33.9. The Morgan fingerprint density at radius 2 is 2.10 bits per heavy atom. The minimum atomic E-state index is -0.213. The van der Waals surface area contributed by atoms with Gasteiger partial charge in [-0.1, -0.05) is 12.1 Å². The summed E-state index contributed by atoms with van der Waals surface area (Å²) in [6.45, 7) is 2.75. The molecule has 1 aliphatic rings. The predicted molar refractivity (Wildman–Crippen MR) is 116 cm³/mol. The Labute approximate surface area is 177 Å². The molecule has 0 N–H and O–H groups in total. The van der Waals surface area contributed by atoms with Crippen LogP contribution in [0.3, 0.4) is 0 Å². The summed E-state index contributed by atoms with van der Waals surface area (Å²) in [5, 5.41) is 2.64. The second kappa shape index (κ2) is 7.57. The maximum atomic E-state index is 13.2. The van der Waals surface area contributed by atoms with E-state index in [1.807, 2.05) is 42.2 Å². The first-order chi connectivity index (χ1) is 14.6. The lowest BCUT2D eigenvalue weighted by atomic mass is 9.97.